The lowest BCUT2D eigenvalue weighted by Gasteiger charge is -2.29. The van der Waals surface area contributed by atoms with Gasteiger partial charge in [-0.25, -0.2) is 18.7 Å². The van der Waals surface area contributed by atoms with Crippen molar-refractivity contribution in [3.63, 3.8) is 0 Å². The molecule has 184 valence electrons. The van der Waals surface area contributed by atoms with Crippen molar-refractivity contribution in [2.45, 2.75) is 24.4 Å². The van der Waals surface area contributed by atoms with Crippen molar-refractivity contribution in [2.24, 2.45) is 0 Å². The van der Waals surface area contributed by atoms with E-state index >= 15 is 0 Å². The number of H-pyrrole nitrogens is 1. The monoisotopic (exact) mass is 533 g/mol. The zero-order valence-electron chi connectivity index (χ0n) is 16.2. The third-order valence-corrected chi connectivity index (χ3v) is 8.10. The highest BCUT2D eigenvalue weighted by Crippen LogP contribution is 2.66. The van der Waals surface area contributed by atoms with Gasteiger partial charge in [0.25, 0.3) is 5.56 Å². The van der Waals surface area contributed by atoms with Gasteiger partial charge in [-0.1, -0.05) is 6.08 Å². The number of aliphatic hydroxyl groups excluding tert-OH is 1. The number of hydrogen-bond acceptors (Lipinski definition) is 12. The molecule has 1 aliphatic rings. The molecule has 0 spiro atoms. The van der Waals surface area contributed by atoms with E-state index in [2.05, 4.69) is 34.7 Å². The van der Waals surface area contributed by atoms with Crippen LogP contribution in [0.5, 0.6) is 0 Å². The smallest absolute Gasteiger partial charge is 0.389 e. The third-order valence-electron chi connectivity index (χ3n) is 4.32. The van der Waals surface area contributed by atoms with Crippen molar-refractivity contribution in [3.8, 4) is 0 Å². The fourth-order valence-electron chi connectivity index (χ4n) is 2.95. The number of rotatable bonds is 9. The predicted octanol–water partition coefficient (Wildman–Crippen LogP) is -0.750. The maximum atomic E-state index is 12.0. The molecule has 3 rings (SSSR count). The minimum absolute atomic E-state index is 0.0150. The van der Waals surface area contributed by atoms with Gasteiger partial charge in [0.05, 0.1) is 19.0 Å². The number of phosphoric acid groups is 3. The van der Waals surface area contributed by atoms with Crippen LogP contribution in [0, 0.1) is 0 Å². The van der Waals surface area contributed by atoms with Crippen LogP contribution in [0.15, 0.2) is 23.8 Å². The molecule has 5 atom stereocenters. The highest BCUT2D eigenvalue weighted by molar-refractivity contribution is 7.66. The second kappa shape index (κ2) is 8.78. The van der Waals surface area contributed by atoms with Gasteiger partial charge in [0.15, 0.2) is 11.2 Å². The van der Waals surface area contributed by atoms with E-state index in [0.717, 1.165) is 6.08 Å². The molecule has 2 aromatic heterocycles. The number of phosphoric ester groups is 1. The first-order valence-corrected chi connectivity index (χ1v) is 13.1. The first-order valence-electron chi connectivity index (χ1n) is 8.56. The summed E-state index contributed by atoms with van der Waals surface area (Å²) in [6.07, 6.45) is -0.433. The minimum Gasteiger partial charge on any atom is -0.389 e. The normalized spacial score (nSPS) is 27.3. The summed E-state index contributed by atoms with van der Waals surface area (Å²) < 4.78 is 52.9. The molecule has 21 heteroatoms. The van der Waals surface area contributed by atoms with Crippen LogP contribution in [-0.2, 0) is 31.6 Å². The van der Waals surface area contributed by atoms with E-state index in [1.54, 1.807) is 0 Å². The van der Waals surface area contributed by atoms with Crippen LogP contribution in [-0.4, -0.2) is 62.5 Å². The van der Waals surface area contributed by atoms with Gasteiger partial charge in [-0.15, -0.1) is 6.58 Å². The Balaban J connectivity index is 1.79. The van der Waals surface area contributed by atoms with Gasteiger partial charge in [-0.3, -0.25) is 18.9 Å². The Bertz CT molecular complexity index is 1270. The van der Waals surface area contributed by atoms with Crippen LogP contribution in [0.4, 0.5) is 5.95 Å². The Morgan fingerprint density at radius 3 is 2.58 bits per heavy atom. The summed E-state index contributed by atoms with van der Waals surface area (Å²) in [6.45, 7) is 2.50. The number of aromatic amines is 1. The maximum Gasteiger partial charge on any atom is 0.490 e. The second-order valence-electron chi connectivity index (χ2n) is 6.62. The van der Waals surface area contributed by atoms with Crippen LogP contribution in [0.1, 0.15) is 12.6 Å². The third kappa shape index (κ3) is 5.84. The lowest BCUT2D eigenvalue weighted by atomic mass is 9.98. The van der Waals surface area contributed by atoms with Crippen LogP contribution in [0.2, 0.25) is 0 Å². The van der Waals surface area contributed by atoms with Crippen LogP contribution < -0.4 is 11.3 Å². The highest BCUT2D eigenvalue weighted by atomic mass is 31.3. The average Bonchev–Trinajstić information content (AvgIpc) is 3.18. The molecule has 18 nitrogen and oxygen atoms in total. The van der Waals surface area contributed by atoms with Gasteiger partial charge in [-0.2, -0.15) is 13.6 Å². The van der Waals surface area contributed by atoms with Gasteiger partial charge in [0.2, 0.25) is 5.95 Å². The van der Waals surface area contributed by atoms with E-state index in [1.165, 1.54) is 10.9 Å². The number of aliphatic hydroxyl groups is 1. The first-order chi connectivity index (χ1) is 15.1. The molecule has 2 unspecified atom stereocenters. The standard InChI is InChI=1S/C12H18N5O13P3/c1-2-12(4-27-32(23,24)30-33(25,26)29-31(20,21)22)6(18)3-7(28-12)17-5-14-8-9(17)15-11(13)16-10(8)19/h2,5-7,18H,1,3-4H2,(H,23,24)(H,25,26)(H2,20,21,22)(H3,13,15,16,19)/t6-,7+,12+/m0/s1. The van der Waals surface area contributed by atoms with Crippen LogP contribution in [0.3, 0.4) is 0 Å². The molecule has 0 radical (unpaired) electrons. The Hall–Kier alpha value is -1.78. The van der Waals surface area contributed by atoms with E-state index < -0.39 is 53.6 Å². The van der Waals surface area contributed by atoms with Crippen molar-refractivity contribution in [1.29, 1.82) is 0 Å². The van der Waals surface area contributed by atoms with Crippen molar-refractivity contribution < 1.29 is 56.3 Å². The Morgan fingerprint density at radius 2 is 1.97 bits per heavy atom. The number of imidazole rings is 1. The highest BCUT2D eigenvalue weighted by Gasteiger charge is 2.50. The Kier molecular flexibility index (Phi) is 6.87. The number of ether oxygens (including phenoxy) is 1. The lowest BCUT2D eigenvalue weighted by molar-refractivity contribution is -0.0935. The summed E-state index contributed by atoms with van der Waals surface area (Å²) in [7, 11) is -16.8. The van der Waals surface area contributed by atoms with Gasteiger partial charge in [-0.05, 0) is 0 Å². The van der Waals surface area contributed by atoms with Gasteiger partial charge < -0.3 is 35.2 Å². The number of nitrogens with one attached hydrogen (secondary N) is 1. The van der Waals surface area contributed by atoms with Gasteiger partial charge in [0, 0.05) is 6.42 Å². The summed E-state index contributed by atoms with van der Waals surface area (Å²) >= 11 is 0. The predicted molar refractivity (Wildman–Crippen MR) is 106 cm³/mol. The molecule has 3 heterocycles. The number of nitrogen functional groups attached to an aromatic ring is 1. The van der Waals surface area contributed by atoms with E-state index in [4.69, 9.17) is 20.3 Å². The summed E-state index contributed by atoms with van der Waals surface area (Å²) in [5, 5.41) is 10.5. The molecule has 33 heavy (non-hydrogen) atoms. The molecular weight excluding hydrogens is 515 g/mol. The fraction of sp³-hybridized carbons (Fsp3) is 0.417. The Labute approximate surface area is 183 Å². The molecule has 1 saturated heterocycles. The SMILES string of the molecule is C=C[C@]1(COP(=O)(O)OP(=O)(O)OP(=O)(O)O)O[C@@H](n2cnc3c(=O)[nH]c(N)nc32)C[C@@H]1O. The van der Waals surface area contributed by atoms with E-state index in [1.807, 2.05) is 0 Å². The number of anilines is 1. The van der Waals surface area contributed by atoms with Crippen molar-refractivity contribution in [2.75, 3.05) is 12.3 Å². The lowest BCUT2D eigenvalue weighted by Crippen LogP contribution is -2.41. The molecule has 0 bridgehead atoms. The minimum atomic E-state index is -5.73. The number of nitrogens with two attached hydrogens (primary N) is 1. The maximum absolute atomic E-state index is 12.0. The topological polar surface area (TPSA) is 279 Å². The quantitative estimate of drug-likeness (QED) is 0.154. The number of aromatic nitrogens is 4. The second-order valence-corrected chi connectivity index (χ2v) is 11.0. The van der Waals surface area contributed by atoms with E-state index in [9.17, 15) is 33.4 Å². The van der Waals surface area contributed by atoms with Crippen molar-refractivity contribution in [1.82, 2.24) is 19.5 Å². The molecule has 0 aliphatic carbocycles. The van der Waals surface area contributed by atoms with Crippen molar-refractivity contribution in [3.05, 3.63) is 29.3 Å². The summed E-state index contributed by atoms with van der Waals surface area (Å²) in [5.41, 5.74) is 2.97. The average molecular weight is 533 g/mol. The first kappa shape index (κ1) is 25.8. The molecule has 2 aromatic rings. The summed E-state index contributed by atoms with van der Waals surface area (Å²) in [6, 6.07) is 0. The zero-order valence-corrected chi connectivity index (χ0v) is 18.9. The number of hydrogen-bond donors (Lipinski definition) is 7. The van der Waals surface area contributed by atoms with Crippen molar-refractivity contribution >= 4 is 40.6 Å². The van der Waals surface area contributed by atoms with Crippen LogP contribution in [0.25, 0.3) is 11.2 Å². The zero-order chi connectivity index (χ0) is 24.8. The number of fused-ring (bicyclic) bond motifs is 1. The molecular formula is C12H18N5O13P3. The molecule has 8 N–H and O–H groups in total. The largest absolute Gasteiger partial charge is 0.490 e. The van der Waals surface area contributed by atoms with E-state index in [0.29, 0.717) is 0 Å². The molecule has 0 saturated carbocycles. The van der Waals surface area contributed by atoms with Crippen LogP contribution >= 0.6 is 23.5 Å². The summed E-state index contributed by atoms with van der Waals surface area (Å²) in [5.74, 6) is -0.213. The summed E-state index contributed by atoms with van der Waals surface area (Å²) in [4.78, 5) is 58.0. The fourth-order valence-corrected chi connectivity index (χ4v) is 6.01. The molecule has 1 fully saturated rings. The molecule has 0 amide bonds. The molecule has 0 aromatic carbocycles. The Morgan fingerprint density at radius 1 is 1.30 bits per heavy atom. The van der Waals surface area contributed by atoms with Gasteiger partial charge in [0.1, 0.15) is 11.8 Å². The molecule has 1 aliphatic heterocycles. The number of nitrogens with zero attached hydrogens (tertiary/aromatic N) is 3. The van der Waals surface area contributed by atoms with Gasteiger partial charge >= 0.3 is 23.5 Å². The van der Waals surface area contributed by atoms with E-state index in [-0.39, 0.29) is 23.5 Å².